The summed E-state index contributed by atoms with van der Waals surface area (Å²) in [5.74, 6) is 0. The number of nitrogens with one attached hydrogen (secondary N) is 1. The molecule has 12 heavy (non-hydrogen) atoms. The van der Waals surface area contributed by atoms with E-state index in [1.807, 2.05) is 6.92 Å². The van der Waals surface area contributed by atoms with Gasteiger partial charge in [0.15, 0.2) is 0 Å². The third kappa shape index (κ3) is 3.72. The molecule has 0 spiro atoms. The number of rotatable bonds is 3. The monoisotopic (exact) mass is 195 g/mol. The lowest BCUT2D eigenvalue weighted by Gasteiger charge is -2.26. The third-order valence-corrected chi connectivity index (χ3v) is 2.35. The molecule has 1 N–H and O–H groups in total. The summed E-state index contributed by atoms with van der Waals surface area (Å²) in [6, 6.07) is 0.156. The first-order chi connectivity index (χ1) is 5.34. The molecule has 1 nitrogen and oxygen atoms in total. The van der Waals surface area contributed by atoms with Gasteiger partial charge in [0, 0.05) is 6.04 Å². The molecule has 2 unspecified atom stereocenters. The van der Waals surface area contributed by atoms with Gasteiger partial charge in [-0.25, -0.2) is 4.39 Å². The molecule has 0 amide bonds. The smallest absolute Gasteiger partial charge is 0.115 e. The van der Waals surface area contributed by atoms with Crippen LogP contribution < -0.4 is 5.32 Å². The van der Waals surface area contributed by atoms with Gasteiger partial charge in [0.25, 0.3) is 0 Å². The quantitative estimate of drug-likeness (QED) is 0.730. The predicted octanol–water partition coefficient (Wildman–Crippen LogP) is 2.69. The lowest BCUT2D eigenvalue weighted by molar-refractivity contribution is 0.205. The van der Waals surface area contributed by atoms with Gasteiger partial charge in [0.1, 0.15) is 6.17 Å². The van der Waals surface area contributed by atoms with Crippen molar-refractivity contribution in [2.75, 3.05) is 6.54 Å². The number of hydrogen-bond acceptors (Lipinski definition) is 1. The van der Waals surface area contributed by atoms with Crippen molar-refractivity contribution in [1.82, 2.24) is 5.32 Å². The van der Waals surface area contributed by atoms with E-state index in [1.165, 1.54) is 12.8 Å². The molecule has 1 fully saturated rings. The zero-order chi connectivity index (χ0) is 8.10. The van der Waals surface area contributed by atoms with Gasteiger partial charge in [-0.15, -0.1) is 12.4 Å². The maximum absolute atomic E-state index is 13.2. The van der Waals surface area contributed by atoms with Crippen molar-refractivity contribution in [3.63, 3.8) is 0 Å². The van der Waals surface area contributed by atoms with Crippen LogP contribution >= 0.6 is 12.4 Å². The van der Waals surface area contributed by atoms with Gasteiger partial charge in [0.2, 0.25) is 0 Å². The molecule has 1 aliphatic heterocycles. The van der Waals surface area contributed by atoms with Gasteiger partial charge in [-0.2, -0.15) is 0 Å². The molecule has 0 aromatic rings. The van der Waals surface area contributed by atoms with Crippen molar-refractivity contribution in [2.45, 2.75) is 51.2 Å². The Morgan fingerprint density at radius 3 is 2.75 bits per heavy atom. The van der Waals surface area contributed by atoms with Crippen molar-refractivity contribution in [3.8, 4) is 0 Å². The molecule has 3 heteroatoms. The van der Waals surface area contributed by atoms with Crippen molar-refractivity contribution < 1.29 is 4.39 Å². The summed E-state index contributed by atoms with van der Waals surface area (Å²) in [5.41, 5.74) is 0. The van der Waals surface area contributed by atoms with E-state index in [4.69, 9.17) is 0 Å². The lowest BCUT2D eigenvalue weighted by atomic mass is 9.98. The maximum atomic E-state index is 13.2. The Labute approximate surface area is 80.5 Å². The van der Waals surface area contributed by atoms with Crippen LogP contribution in [-0.2, 0) is 0 Å². The fourth-order valence-electron chi connectivity index (χ4n) is 1.66. The maximum Gasteiger partial charge on any atom is 0.115 e. The number of piperidine rings is 1. The summed E-state index contributed by atoms with van der Waals surface area (Å²) in [6.45, 7) is 3.05. The van der Waals surface area contributed by atoms with E-state index in [9.17, 15) is 4.39 Å². The minimum Gasteiger partial charge on any atom is -0.311 e. The van der Waals surface area contributed by atoms with Gasteiger partial charge in [0.05, 0.1) is 0 Å². The van der Waals surface area contributed by atoms with Crippen LogP contribution in [0, 0.1) is 0 Å². The molecular weight excluding hydrogens is 177 g/mol. The highest BCUT2D eigenvalue weighted by Gasteiger charge is 2.21. The largest absolute Gasteiger partial charge is 0.311 e. The van der Waals surface area contributed by atoms with Crippen molar-refractivity contribution in [2.24, 2.45) is 0 Å². The Morgan fingerprint density at radius 2 is 2.25 bits per heavy atom. The molecular formula is C9H19ClFN. The van der Waals surface area contributed by atoms with Crippen LogP contribution in [0.5, 0.6) is 0 Å². The van der Waals surface area contributed by atoms with Crippen LogP contribution in [0.3, 0.4) is 0 Å². The molecule has 2 atom stereocenters. The summed E-state index contributed by atoms with van der Waals surface area (Å²) in [7, 11) is 0. The van der Waals surface area contributed by atoms with Crippen LogP contribution in [-0.4, -0.2) is 18.8 Å². The van der Waals surface area contributed by atoms with E-state index in [-0.39, 0.29) is 18.4 Å². The zero-order valence-electron chi connectivity index (χ0n) is 7.68. The van der Waals surface area contributed by atoms with E-state index >= 15 is 0 Å². The minimum absolute atomic E-state index is 0. The molecule has 0 aromatic heterocycles. The normalized spacial score (nSPS) is 26.0. The zero-order valence-corrected chi connectivity index (χ0v) is 8.50. The molecule has 74 valence electrons. The summed E-state index contributed by atoms with van der Waals surface area (Å²) >= 11 is 0. The van der Waals surface area contributed by atoms with E-state index in [0.717, 1.165) is 25.8 Å². The van der Waals surface area contributed by atoms with Crippen molar-refractivity contribution >= 4 is 12.4 Å². The molecule has 1 saturated heterocycles. The molecule has 1 heterocycles. The second-order valence-corrected chi connectivity index (χ2v) is 3.36. The van der Waals surface area contributed by atoms with Gasteiger partial charge < -0.3 is 5.32 Å². The summed E-state index contributed by atoms with van der Waals surface area (Å²) in [4.78, 5) is 0. The van der Waals surface area contributed by atoms with Gasteiger partial charge >= 0.3 is 0 Å². The van der Waals surface area contributed by atoms with Crippen LogP contribution in [0.1, 0.15) is 39.0 Å². The van der Waals surface area contributed by atoms with Gasteiger partial charge in [-0.1, -0.05) is 19.8 Å². The average Bonchev–Trinajstić information content (AvgIpc) is 2.07. The Kier molecular flexibility index (Phi) is 6.77. The molecule has 1 aliphatic rings. The Hall–Kier alpha value is 0.180. The topological polar surface area (TPSA) is 12.0 Å². The second-order valence-electron chi connectivity index (χ2n) is 3.36. The van der Waals surface area contributed by atoms with Gasteiger partial charge in [-0.05, 0) is 25.8 Å². The highest BCUT2D eigenvalue weighted by Crippen LogP contribution is 2.15. The fraction of sp³-hybridized carbons (Fsp3) is 1.00. The van der Waals surface area contributed by atoms with E-state index in [1.54, 1.807) is 0 Å². The minimum atomic E-state index is -0.611. The van der Waals surface area contributed by atoms with Crippen LogP contribution in [0.15, 0.2) is 0 Å². The molecule has 1 rings (SSSR count). The summed E-state index contributed by atoms with van der Waals surface area (Å²) in [6.07, 6.45) is 4.51. The van der Waals surface area contributed by atoms with Crippen LogP contribution in [0.25, 0.3) is 0 Å². The summed E-state index contributed by atoms with van der Waals surface area (Å²) < 4.78 is 13.2. The average molecular weight is 196 g/mol. The molecule has 0 aromatic carbocycles. The highest BCUT2D eigenvalue weighted by molar-refractivity contribution is 5.85. The SMILES string of the molecule is CCCC(F)C1CCCCN1.Cl. The third-order valence-electron chi connectivity index (χ3n) is 2.35. The molecule has 0 radical (unpaired) electrons. The van der Waals surface area contributed by atoms with Gasteiger partial charge in [-0.3, -0.25) is 0 Å². The molecule has 0 saturated carbocycles. The number of hydrogen-bond donors (Lipinski definition) is 1. The lowest BCUT2D eigenvalue weighted by Crippen LogP contribution is -2.41. The van der Waals surface area contributed by atoms with E-state index in [2.05, 4.69) is 5.32 Å². The van der Waals surface area contributed by atoms with Crippen LogP contribution in [0.2, 0.25) is 0 Å². The molecule has 0 aliphatic carbocycles. The second kappa shape index (κ2) is 6.67. The fourth-order valence-corrected chi connectivity index (χ4v) is 1.66. The molecule has 0 bridgehead atoms. The first-order valence-electron chi connectivity index (χ1n) is 4.72. The number of halogens is 2. The van der Waals surface area contributed by atoms with Crippen molar-refractivity contribution in [3.05, 3.63) is 0 Å². The first kappa shape index (κ1) is 12.2. The summed E-state index contributed by atoms with van der Waals surface area (Å²) in [5, 5.41) is 3.23. The van der Waals surface area contributed by atoms with E-state index < -0.39 is 6.17 Å². The Morgan fingerprint density at radius 1 is 1.50 bits per heavy atom. The Bertz CT molecular complexity index is 105. The van der Waals surface area contributed by atoms with E-state index in [0.29, 0.717) is 0 Å². The standard InChI is InChI=1S/C9H18FN.ClH/c1-2-5-8(10)9-6-3-4-7-11-9;/h8-9,11H,2-7H2,1H3;1H. The van der Waals surface area contributed by atoms with Crippen LogP contribution in [0.4, 0.5) is 4.39 Å². The highest BCUT2D eigenvalue weighted by atomic mass is 35.5. The first-order valence-corrected chi connectivity index (χ1v) is 4.72. The number of alkyl halides is 1. The predicted molar refractivity (Wildman–Crippen MR) is 52.7 cm³/mol. The van der Waals surface area contributed by atoms with Crippen molar-refractivity contribution in [1.29, 1.82) is 0 Å². The Balaban J connectivity index is 0.00000121.